The Balaban J connectivity index is 1.51. The quantitative estimate of drug-likeness (QED) is 0.846. The summed E-state index contributed by atoms with van der Waals surface area (Å²) in [4.78, 5) is 14.4. The zero-order valence-electron chi connectivity index (χ0n) is 13.9. The minimum absolute atomic E-state index is 0.112. The molecule has 0 bridgehead atoms. The Morgan fingerprint density at radius 1 is 1.25 bits per heavy atom. The van der Waals surface area contributed by atoms with E-state index >= 15 is 0 Å². The molecule has 24 heavy (non-hydrogen) atoms. The number of hydrogen-bond donors (Lipinski definition) is 1. The Morgan fingerprint density at radius 3 is 2.71 bits per heavy atom. The van der Waals surface area contributed by atoms with Gasteiger partial charge in [-0.3, -0.25) is 4.79 Å². The first kappa shape index (κ1) is 17.9. The molecule has 1 aliphatic carbocycles. The van der Waals surface area contributed by atoms with Gasteiger partial charge in [-0.1, -0.05) is 30.9 Å². The molecular weight excluding hydrogens is 344 g/mol. The van der Waals surface area contributed by atoms with Crippen molar-refractivity contribution in [3.05, 3.63) is 23.2 Å². The maximum atomic E-state index is 12.1. The number of anilines is 2. The van der Waals surface area contributed by atoms with Gasteiger partial charge in [0.1, 0.15) is 6.61 Å². The molecule has 0 unspecified atom stereocenters. The van der Waals surface area contributed by atoms with E-state index in [1.165, 1.54) is 19.3 Å². The Labute approximate surface area is 153 Å². The van der Waals surface area contributed by atoms with Crippen molar-refractivity contribution in [3.8, 4) is 0 Å². The fourth-order valence-corrected chi connectivity index (χ4v) is 4.47. The summed E-state index contributed by atoms with van der Waals surface area (Å²) in [6.45, 7) is 2.16. The van der Waals surface area contributed by atoms with Crippen LogP contribution in [0.5, 0.6) is 0 Å². The topological polar surface area (TPSA) is 41.6 Å². The van der Waals surface area contributed by atoms with E-state index in [1.807, 2.05) is 30.0 Å². The third-order valence-electron chi connectivity index (χ3n) is 4.59. The molecule has 1 aliphatic heterocycles. The number of benzene rings is 1. The first-order chi connectivity index (χ1) is 11.7. The standard InChI is InChI=1S/C18H25ClN2O2S/c19-16-12-14(6-7-17(16)21-8-10-24-11-9-21)20-18(22)13-23-15-4-2-1-3-5-15/h6-7,12,15H,1-5,8-11,13H2,(H,20,22). The smallest absolute Gasteiger partial charge is 0.250 e. The summed E-state index contributed by atoms with van der Waals surface area (Å²) in [5.41, 5.74) is 1.78. The number of amides is 1. The fourth-order valence-electron chi connectivity index (χ4n) is 3.27. The molecule has 1 N–H and O–H groups in total. The Hall–Kier alpha value is -0.910. The van der Waals surface area contributed by atoms with Crippen molar-refractivity contribution in [2.24, 2.45) is 0 Å². The summed E-state index contributed by atoms with van der Waals surface area (Å²) in [7, 11) is 0. The van der Waals surface area contributed by atoms with E-state index in [1.54, 1.807) is 0 Å². The molecule has 1 aromatic rings. The van der Waals surface area contributed by atoms with Crippen molar-refractivity contribution in [3.63, 3.8) is 0 Å². The maximum Gasteiger partial charge on any atom is 0.250 e. The molecule has 0 spiro atoms. The molecule has 1 heterocycles. The molecule has 6 heteroatoms. The first-order valence-corrected chi connectivity index (χ1v) is 10.3. The fraction of sp³-hybridized carbons (Fsp3) is 0.611. The van der Waals surface area contributed by atoms with Gasteiger partial charge in [-0.15, -0.1) is 0 Å². The number of halogens is 1. The summed E-state index contributed by atoms with van der Waals surface area (Å²) in [6.07, 6.45) is 6.08. The van der Waals surface area contributed by atoms with Gasteiger partial charge in [0.2, 0.25) is 5.91 Å². The number of hydrogen-bond acceptors (Lipinski definition) is 4. The molecule has 3 rings (SSSR count). The molecule has 2 aliphatic rings. The predicted molar refractivity (Wildman–Crippen MR) is 102 cm³/mol. The molecule has 1 saturated heterocycles. The Morgan fingerprint density at radius 2 is 2.00 bits per heavy atom. The van der Waals surface area contributed by atoms with Crippen LogP contribution >= 0.6 is 23.4 Å². The van der Waals surface area contributed by atoms with Crippen LogP contribution in [0.1, 0.15) is 32.1 Å². The Kier molecular flexibility index (Phi) is 6.69. The van der Waals surface area contributed by atoms with Gasteiger partial charge in [0.25, 0.3) is 0 Å². The summed E-state index contributed by atoms with van der Waals surface area (Å²) < 4.78 is 5.71. The highest BCUT2D eigenvalue weighted by Gasteiger charge is 2.17. The largest absolute Gasteiger partial charge is 0.369 e. The van der Waals surface area contributed by atoms with Crippen molar-refractivity contribution >= 4 is 40.6 Å². The van der Waals surface area contributed by atoms with Gasteiger partial charge in [-0.25, -0.2) is 0 Å². The van der Waals surface area contributed by atoms with Crippen molar-refractivity contribution in [1.29, 1.82) is 0 Å². The van der Waals surface area contributed by atoms with Crippen LogP contribution < -0.4 is 10.2 Å². The monoisotopic (exact) mass is 368 g/mol. The minimum atomic E-state index is -0.112. The van der Waals surface area contributed by atoms with Crippen molar-refractivity contribution < 1.29 is 9.53 Å². The van der Waals surface area contributed by atoms with E-state index in [9.17, 15) is 4.79 Å². The lowest BCUT2D eigenvalue weighted by molar-refractivity contribution is -0.123. The molecule has 132 valence electrons. The summed E-state index contributed by atoms with van der Waals surface area (Å²) in [5.74, 6) is 2.15. The lowest BCUT2D eigenvalue weighted by Crippen LogP contribution is -2.32. The van der Waals surface area contributed by atoms with Crippen LogP contribution in [0.3, 0.4) is 0 Å². The molecule has 1 saturated carbocycles. The highest BCUT2D eigenvalue weighted by atomic mass is 35.5. The van der Waals surface area contributed by atoms with E-state index < -0.39 is 0 Å². The van der Waals surface area contributed by atoms with E-state index in [2.05, 4.69) is 10.2 Å². The zero-order chi connectivity index (χ0) is 16.8. The van der Waals surface area contributed by atoms with Gasteiger partial charge in [0.15, 0.2) is 0 Å². The normalized spacial score (nSPS) is 19.3. The number of ether oxygens (including phenoxy) is 1. The highest BCUT2D eigenvalue weighted by molar-refractivity contribution is 7.99. The van der Waals surface area contributed by atoms with Crippen LogP contribution in [0.4, 0.5) is 11.4 Å². The second kappa shape index (κ2) is 8.97. The van der Waals surface area contributed by atoms with Crippen LogP contribution in [0.2, 0.25) is 5.02 Å². The number of nitrogens with zero attached hydrogens (tertiary/aromatic N) is 1. The van der Waals surface area contributed by atoms with E-state index in [4.69, 9.17) is 16.3 Å². The van der Waals surface area contributed by atoms with E-state index in [0.29, 0.717) is 5.02 Å². The first-order valence-electron chi connectivity index (χ1n) is 8.76. The predicted octanol–water partition coefficient (Wildman–Crippen LogP) is 4.18. The van der Waals surface area contributed by atoms with Gasteiger partial charge in [-0.2, -0.15) is 11.8 Å². The van der Waals surface area contributed by atoms with Crippen molar-refractivity contribution in [1.82, 2.24) is 0 Å². The van der Waals surface area contributed by atoms with Crippen molar-refractivity contribution in [2.75, 3.05) is 41.4 Å². The Bertz CT molecular complexity index is 558. The van der Waals surface area contributed by atoms with Gasteiger partial charge >= 0.3 is 0 Å². The summed E-state index contributed by atoms with van der Waals surface area (Å²) in [6, 6.07) is 5.74. The second-order valence-corrected chi connectivity index (χ2v) is 8.02. The maximum absolute atomic E-state index is 12.1. The number of nitrogens with one attached hydrogen (secondary N) is 1. The van der Waals surface area contributed by atoms with Gasteiger partial charge in [0, 0.05) is 30.3 Å². The third kappa shape index (κ3) is 5.04. The van der Waals surface area contributed by atoms with Gasteiger partial charge in [-0.05, 0) is 31.0 Å². The molecule has 0 atom stereocenters. The summed E-state index contributed by atoms with van der Waals surface area (Å²) in [5, 5.41) is 3.57. The minimum Gasteiger partial charge on any atom is -0.369 e. The molecule has 1 amide bonds. The van der Waals surface area contributed by atoms with Gasteiger partial charge in [0.05, 0.1) is 16.8 Å². The van der Waals surface area contributed by atoms with E-state index in [-0.39, 0.29) is 18.6 Å². The third-order valence-corrected chi connectivity index (χ3v) is 5.83. The average Bonchev–Trinajstić information content (AvgIpc) is 2.62. The lowest BCUT2D eigenvalue weighted by Gasteiger charge is -2.29. The number of carbonyl (C=O) groups is 1. The van der Waals surface area contributed by atoms with Crippen molar-refractivity contribution in [2.45, 2.75) is 38.2 Å². The SMILES string of the molecule is O=C(COC1CCCCC1)Nc1ccc(N2CCSCC2)c(Cl)c1. The second-order valence-electron chi connectivity index (χ2n) is 6.38. The van der Waals surface area contributed by atoms with E-state index in [0.717, 1.165) is 48.8 Å². The van der Waals surface area contributed by atoms with Crippen LogP contribution in [0.15, 0.2) is 18.2 Å². The molecule has 4 nitrogen and oxygen atoms in total. The lowest BCUT2D eigenvalue weighted by atomic mass is 9.98. The van der Waals surface area contributed by atoms with Crippen LogP contribution in [0.25, 0.3) is 0 Å². The van der Waals surface area contributed by atoms with Crippen LogP contribution in [-0.2, 0) is 9.53 Å². The number of carbonyl (C=O) groups excluding carboxylic acids is 1. The van der Waals surface area contributed by atoms with Gasteiger partial charge < -0.3 is 15.0 Å². The molecule has 0 radical (unpaired) electrons. The number of thioether (sulfide) groups is 1. The molecule has 0 aromatic heterocycles. The molecular formula is C18H25ClN2O2S. The summed E-state index contributed by atoms with van der Waals surface area (Å²) >= 11 is 8.39. The van der Waals surface area contributed by atoms with Crippen LogP contribution in [0, 0.1) is 0 Å². The molecule has 2 fully saturated rings. The number of rotatable bonds is 5. The van der Waals surface area contributed by atoms with Crippen LogP contribution in [-0.4, -0.2) is 43.2 Å². The zero-order valence-corrected chi connectivity index (χ0v) is 15.5. The average molecular weight is 369 g/mol. The highest BCUT2D eigenvalue weighted by Crippen LogP contribution is 2.30. The molecule has 1 aromatic carbocycles.